The number of nitrogens with zero attached hydrogens (tertiary/aromatic N) is 2. The van der Waals surface area contributed by atoms with Crippen molar-refractivity contribution < 1.29 is 0 Å². The zero-order valence-corrected chi connectivity index (χ0v) is 16.0. The number of aromatic nitrogens is 2. The fourth-order valence-electron chi connectivity index (χ4n) is 4.05. The smallest absolute Gasteiger partial charge is 0.222 e. The molecule has 0 atom stereocenters. The second-order valence-electron chi connectivity index (χ2n) is 7.43. The van der Waals surface area contributed by atoms with Gasteiger partial charge >= 0.3 is 0 Å². The molecule has 0 saturated heterocycles. The Labute approximate surface area is 157 Å². The van der Waals surface area contributed by atoms with Crippen molar-refractivity contribution in [3.8, 4) is 11.1 Å². The predicted octanol–water partition coefficient (Wildman–Crippen LogP) is 7.04. The molecule has 2 nitrogen and oxygen atoms in total. The molecule has 1 heterocycles. The van der Waals surface area contributed by atoms with Crippen LogP contribution in [0.3, 0.4) is 0 Å². The fraction of sp³-hybridized carbons (Fsp3) is 0.545. The van der Waals surface area contributed by atoms with Crippen molar-refractivity contribution in [2.75, 3.05) is 0 Å². The molecule has 25 heavy (non-hydrogen) atoms. The minimum Gasteiger partial charge on any atom is -0.226 e. The molecule has 1 fully saturated rings. The van der Waals surface area contributed by atoms with Gasteiger partial charge < -0.3 is 0 Å². The van der Waals surface area contributed by atoms with Crippen molar-refractivity contribution >= 4 is 11.6 Å². The topological polar surface area (TPSA) is 25.8 Å². The van der Waals surface area contributed by atoms with Crippen LogP contribution in [0.1, 0.15) is 76.2 Å². The summed E-state index contributed by atoms with van der Waals surface area (Å²) >= 11 is 5.76. The molecule has 1 aliphatic carbocycles. The van der Waals surface area contributed by atoms with Crippen molar-refractivity contribution in [3.05, 3.63) is 47.5 Å². The van der Waals surface area contributed by atoms with Crippen LogP contribution >= 0.6 is 11.6 Å². The number of benzene rings is 1. The van der Waals surface area contributed by atoms with Crippen LogP contribution in [-0.2, 0) is 0 Å². The summed E-state index contributed by atoms with van der Waals surface area (Å²) in [6, 6.07) is 8.96. The van der Waals surface area contributed by atoms with Crippen molar-refractivity contribution in [2.24, 2.45) is 5.92 Å². The van der Waals surface area contributed by atoms with Gasteiger partial charge in [-0.2, -0.15) is 0 Å². The molecule has 3 heteroatoms. The molecular formula is C22H29ClN2. The maximum absolute atomic E-state index is 5.76. The van der Waals surface area contributed by atoms with E-state index in [2.05, 4.69) is 41.2 Å². The minimum absolute atomic E-state index is 0.298. The van der Waals surface area contributed by atoms with E-state index in [1.165, 1.54) is 63.4 Å². The number of unbranched alkanes of at least 4 members (excludes halogenated alkanes) is 3. The molecule has 0 bridgehead atoms. The second-order valence-corrected chi connectivity index (χ2v) is 7.77. The lowest BCUT2D eigenvalue weighted by atomic mass is 9.77. The van der Waals surface area contributed by atoms with Crippen molar-refractivity contribution in [2.45, 2.75) is 70.6 Å². The first kappa shape index (κ1) is 18.4. The minimum atomic E-state index is 0.298. The lowest BCUT2D eigenvalue weighted by Gasteiger charge is -2.29. The fourth-order valence-corrected chi connectivity index (χ4v) is 4.15. The van der Waals surface area contributed by atoms with Crippen LogP contribution in [0.4, 0.5) is 0 Å². The van der Waals surface area contributed by atoms with Crippen LogP contribution < -0.4 is 0 Å². The largest absolute Gasteiger partial charge is 0.226 e. The third-order valence-electron chi connectivity index (χ3n) is 5.65. The van der Waals surface area contributed by atoms with E-state index in [9.17, 15) is 0 Å². The van der Waals surface area contributed by atoms with E-state index in [0.29, 0.717) is 5.28 Å². The van der Waals surface area contributed by atoms with Crippen LogP contribution in [0.25, 0.3) is 11.1 Å². The first-order valence-corrected chi connectivity index (χ1v) is 10.2. The SMILES string of the molecule is CCCCCCC1CCC(c2ccc(-c3cnc(Cl)nc3)cc2)CC1. The highest BCUT2D eigenvalue weighted by molar-refractivity contribution is 6.28. The van der Waals surface area contributed by atoms with Crippen LogP contribution in [0, 0.1) is 5.92 Å². The van der Waals surface area contributed by atoms with Gasteiger partial charge in [0.1, 0.15) is 0 Å². The number of rotatable bonds is 7. The van der Waals surface area contributed by atoms with Gasteiger partial charge in [0, 0.05) is 18.0 Å². The third kappa shape index (κ3) is 5.28. The van der Waals surface area contributed by atoms with Gasteiger partial charge in [-0.1, -0.05) is 63.3 Å². The van der Waals surface area contributed by atoms with Crippen LogP contribution in [0.15, 0.2) is 36.7 Å². The van der Waals surface area contributed by atoms with E-state index in [0.717, 1.165) is 23.0 Å². The van der Waals surface area contributed by atoms with Gasteiger partial charge in [-0.05, 0) is 60.2 Å². The van der Waals surface area contributed by atoms with Gasteiger partial charge in [-0.3, -0.25) is 0 Å². The predicted molar refractivity (Wildman–Crippen MR) is 106 cm³/mol. The lowest BCUT2D eigenvalue weighted by molar-refractivity contribution is 0.302. The lowest BCUT2D eigenvalue weighted by Crippen LogP contribution is -2.13. The van der Waals surface area contributed by atoms with E-state index < -0.39 is 0 Å². The highest BCUT2D eigenvalue weighted by Gasteiger charge is 2.22. The van der Waals surface area contributed by atoms with Crippen molar-refractivity contribution in [1.29, 1.82) is 0 Å². The molecular weight excluding hydrogens is 328 g/mol. The number of hydrogen-bond acceptors (Lipinski definition) is 2. The quantitative estimate of drug-likeness (QED) is 0.392. The molecule has 3 rings (SSSR count). The van der Waals surface area contributed by atoms with E-state index >= 15 is 0 Å². The van der Waals surface area contributed by atoms with Crippen molar-refractivity contribution in [1.82, 2.24) is 9.97 Å². The van der Waals surface area contributed by atoms with Gasteiger partial charge in [0.2, 0.25) is 5.28 Å². The molecule has 0 aliphatic heterocycles. The average Bonchev–Trinajstić information content (AvgIpc) is 2.67. The van der Waals surface area contributed by atoms with E-state index in [4.69, 9.17) is 11.6 Å². The highest BCUT2D eigenvalue weighted by Crippen LogP contribution is 2.38. The van der Waals surface area contributed by atoms with Crippen molar-refractivity contribution in [3.63, 3.8) is 0 Å². The maximum Gasteiger partial charge on any atom is 0.222 e. The van der Waals surface area contributed by atoms with E-state index in [1.807, 2.05) is 0 Å². The molecule has 1 aromatic heterocycles. The van der Waals surface area contributed by atoms with Crippen LogP contribution in [-0.4, -0.2) is 9.97 Å². The molecule has 0 spiro atoms. The normalized spacial score (nSPS) is 20.6. The highest BCUT2D eigenvalue weighted by atomic mass is 35.5. The molecule has 1 aliphatic rings. The summed E-state index contributed by atoms with van der Waals surface area (Å²) in [6.45, 7) is 2.29. The van der Waals surface area contributed by atoms with Gasteiger partial charge in [-0.15, -0.1) is 0 Å². The molecule has 0 unspecified atom stereocenters. The van der Waals surface area contributed by atoms with Gasteiger partial charge in [0.25, 0.3) is 0 Å². The van der Waals surface area contributed by atoms with Gasteiger partial charge in [0.05, 0.1) is 0 Å². The average molecular weight is 357 g/mol. The molecule has 134 valence electrons. The Balaban J connectivity index is 1.51. The zero-order chi connectivity index (χ0) is 17.5. The Morgan fingerprint density at radius 2 is 1.56 bits per heavy atom. The monoisotopic (exact) mass is 356 g/mol. The standard InChI is InChI=1S/C22H29ClN2/c1-2-3-4-5-6-17-7-9-18(10-8-17)19-11-13-20(14-12-19)21-15-24-22(23)25-16-21/h11-18H,2-10H2,1H3. The van der Waals surface area contributed by atoms with Gasteiger partial charge in [-0.25, -0.2) is 9.97 Å². The Morgan fingerprint density at radius 3 is 2.20 bits per heavy atom. The summed E-state index contributed by atoms with van der Waals surface area (Å²) in [4.78, 5) is 8.13. The molecule has 1 saturated carbocycles. The summed E-state index contributed by atoms with van der Waals surface area (Å²) in [5.41, 5.74) is 3.67. The molecule has 1 aromatic carbocycles. The number of hydrogen-bond donors (Lipinski definition) is 0. The second kappa shape index (κ2) is 9.33. The van der Waals surface area contributed by atoms with Gasteiger partial charge in [0.15, 0.2) is 0 Å². The first-order valence-electron chi connectivity index (χ1n) is 9.84. The van der Waals surface area contributed by atoms with Crippen LogP contribution in [0.5, 0.6) is 0 Å². The summed E-state index contributed by atoms with van der Waals surface area (Å²) in [7, 11) is 0. The van der Waals surface area contributed by atoms with Crippen LogP contribution in [0.2, 0.25) is 5.28 Å². The maximum atomic E-state index is 5.76. The Kier molecular flexibility index (Phi) is 6.86. The Bertz CT molecular complexity index is 628. The summed E-state index contributed by atoms with van der Waals surface area (Å²) in [5.74, 6) is 1.71. The Morgan fingerprint density at radius 1 is 0.880 bits per heavy atom. The first-order chi connectivity index (χ1) is 12.3. The number of halogens is 1. The molecule has 0 amide bonds. The molecule has 0 N–H and O–H groups in total. The third-order valence-corrected chi connectivity index (χ3v) is 5.84. The van der Waals surface area contributed by atoms with E-state index in [-0.39, 0.29) is 0 Å². The summed E-state index contributed by atoms with van der Waals surface area (Å²) in [6.07, 6.45) is 16.1. The molecule has 0 radical (unpaired) electrons. The zero-order valence-electron chi connectivity index (χ0n) is 15.3. The Hall–Kier alpha value is -1.41. The molecule has 2 aromatic rings. The summed E-state index contributed by atoms with van der Waals surface area (Å²) < 4.78 is 0. The van der Waals surface area contributed by atoms with E-state index in [1.54, 1.807) is 12.4 Å². The summed E-state index contributed by atoms with van der Waals surface area (Å²) in [5, 5.41) is 0.298.